The van der Waals surface area contributed by atoms with Gasteiger partial charge in [0.1, 0.15) is 11.2 Å². The van der Waals surface area contributed by atoms with Gasteiger partial charge in [0.15, 0.2) is 0 Å². The number of aryl methyl sites for hydroxylation is 1. The van der Waals surface area contributed by atoms with E-state index in [1.54, 1.807) is 6.26 Å². The van der Waals surface area contributed by atoms with Gasteiger partial charge in [0.05, 0.1) is 6.26 Å². The van der Waals surface area contributed by atoms with Gasteiger partial charge in [0, 0.05) is 22.2 Å². The molecule has 0 aliphatic carbocycles. The van der Waals surface area contributed by atoms with Crippen LogP contribution >= 0.6 is 0 Å². The lowest BCUT2D eigenvalue weighted by Gasteiger charge is -2.04. The quantitative estimate of drug-likeness (QED) is 0.301. The number of rotatable bonds is 0. The van der Waals surface area contributed by atoms with Crippen molar-refractivity contribution in [3.63, 3.8) is 0 Å². The number of hydrogen-bond donors (Lipinski definition) is 1. The molecule has 0 aliphatic rings. The first kappa shape index (κ1) is 11.1. The molecular weight excluding hydrogens is 252 g/mol. The van der Waals surface area contributed by atoms with Crippen LogP contribution in [0.15, 0.2) is 56.6 Å². The molecule has 0 amide bonds. The maximum absolute atomic E-state index is 5.79. The van der Waals surface area contributed by atoms with E-state index in [1.807, 2.05) is 37.3 Å². The molecule has 0 saturated carbocycles. The number of benzene rings is 2. The van der Waals surface area contributed by atoms with Crippen molar-refractivity contribution in [2.45, 2.75) is 6.92 Å². The summed E-state index contributed by atoms with van der Waals surface area (Å²) in [4.78, 5) is 0. The summed E-state index contributed by atoms with van der Waals surface area (Å²) in [7, 11) is 0. The van der Waals surface area contributed by atoms with Crippen molar-refractivity contribution >= 4 is 32.7 Å². The summed E-state index contributed by atoms with van der Waals surface area (Å²) in [6.45, 7) is 2.03. The Kier molecular flexibility index (Phi) is 2.15. The average Bonchev–Trinajstić information content (AvgIpc) is 2.85. The molecule has 4 rings (SSSR count). The zero-order valence-electron chi connectivity index (χ0n) is 10.9. The van der Waals surface area contributed by atoms with E-state index >= 15 is 0 Å². The molecule has 0 atom stereocenters. The molecule has 2 aromatic heterocycles. The summed E-state index contributed by atoms with van der Waals surface area (Å²) >= 11 is 0. The fourth-order valence-electron chi connectivity index (χ4n) is 2.64. The lowest BCUT2D eigenvalue weighted by atomic mass is 10.1. The highest BCUT2D eigenvalue weighted by atomic mass is 16.3. The Labute approximate surface area is 114 Å². The smallest absolute Gasteiger partial charge is 0.243 e. The number of fused-ring (bicyclic) bond motifs is 4. The average molecular weight is 264 g/mol. The van der Waals surface area contributed by atoms with Crippen LogP contribution in [0.25, 0.3) is 32.7 Å². The van der Waals surface area contributed by atoms with Gasteiger partial charge in [-0.05, 0) is 30.0 Å². The lowest BCUT2D eigenvalue weighted by molar-refractivity contribution is 0.545. The summed E-state index contributed by atoms with van der Waals surface area (Å²) in [5.41, 5.74) is 3.06. The maximum atomic E-state index is 5.79. The summed E-state index contributed by atoms with van der Waals surface area (Å²) in [5, 5.41) is 7.84. The minimum Gasteiger partial charge on any atom is -0.464 e. The van der Waals surface area contributed by atoms with E-state index in [2.05, 4.69) is 11.2 Å². The van der Waals surface area contributed by atoms with Crippen molar-refractivity contribution in [2.24, 2.45) is 10.9 Å². The molecule has 4 nitrogen and oxygen atoms in total. The number of hydrogen-bond acceptors (Lipinski definition) is 4. The molecule has 2 heterocycles. The second-order valence-corrected chi connectivity index (χ2v) is 4.85. The molecule has 98 valence electrons. The Balaban J connectivity index is 2.33. The van der Waals surface area contributed by atoms with Crippen molar-refractivity contribution in [1.29, 1.82) is 0 Å². The van der Waals surface area contributed by atoms with Crippen LogP contribution in [0.5, 0.6) is 0 Å². The molecular formula is C16H12N2O2. The molecule has 0 radical (unpaired) electrons. The van der Waals surface area contributed by atoms with Crippen LogP contribution in [0.4, 0.5) is 0 Å². The first-order valence-corrected chi connectivity index (χ1v) is 6.35. The normalized spacial score (nSPS) is 12.8. The largest absolute Gasteiger partial charge is 0.464 e. The van der Waals surface area contributed by atoms with Crippen LogP contribution in [0.1, 0.15) is 5.56 Å². The van der Waals surface area contributed by atoms with Crippen LogP contribution in [0.2, 0.25) is 0 Å². The number of furan rings is 1. The molecule has 2 aromatic carbocycles. The maximum Gasteiger partial charge on any atom is 0.243 e. The van der Waals surface area contributed by atoms with Gasteiger partial charge in [-0.1, -0.05) is 18.2 Å². The standard InChI is InChI=1S/C16H12N2O2/c1-9-8-19-14-7-15-13(6-12(9)14)10-4-2-3-5-11(10)16(18-17)20-15/h2-8H,17H2,1H3/b18-16-. The Hall–Kier alpha value is -2.75. The number of nitrogens with two attached hydrogens (primary N) is 1. The van der Waals surface area contributed by atoms with Gasteiger partial charge in [-0.3, -0.25) is 0 Å². The second kappa shape index (κ2) is 3.87. The zero-order valence-corrected chi connectivity index (χ0v) is 10.9. The van der Waals surface area contributed by atoms with E-state index in [4.69, 9.17) is 14.7 Å². The highest BCUT2D eigenvalue weighted by molar-refractivity contribution is 6.08. The van der Waals surface area contributed by atoms with Crippen LogP contribution in [0.3, 0.4) is 0 Å². The molecule has 4 heteroatoms. The SMILES string of the molecule is Cc1coc2cc3o/c(=N\N)c4ccccc4c3cc12. The minimum atomic E-state index is 0.427. The lowest BCUT2D eigenvalue weighted by Crippen LogP contribution is -2.06. The van der Waals surface area contributed by atoms with Gasteiger partial charge in [0.25, 0.3) is 0 Å². The summed E-state index contributed by atoms with van der Waals surface area (Å²) < 4.78 is 11.3. The van der Waals surface area contributed by atoms with Gasteiger partial charge in [-0.25, -0.2) is 0 Å². The molecule has 0 unspecified atom stereocenters. The van der Waals surface area contributed by atoms with Crippen molar-refractivity contribution in [3.05, 3.63) is 53.8 Å². The zero-order chi connectivity index (χ0) is 13.7. The highest BCUT2D eigenvalue weighted by Crippen LogP contribution is 2.29. The third-order valence-corrected chi connectivity index (χ3v) is 3.64. The van der Waals surface area contributed by atoms with Crippen LogP contribution < -0.4 is 11.4 Å². The second-order valence-electron chi connectivity index (χ2n) is 4.85. The molecule has 0 spiro atoms. The predicted octanol–water partition coefficient (Wildman–Crippen LogP) is 3.42. The monoisotopic (exact) mass is 264 g/mol. The third-order valence-electron chi connectivity index (χ3n) is 3.64. The minimum absolute atomic E-state index is 0.427. The Morgan fingerprint density at radius 2 is 1.75 bits per heavy atom. The first-order chi connectivity index (χ1) is 9.78. The van der Waals surface area contributed by atoms with Gasteiger partial charge < -0.3 is 14.7 Å². The first-order valence-electron chi connectivity index (χ1n) is 6.35. The fourth-order valence-corrected chi connectivity index (χ4v) is 2.64. The summed E-state index contributed by atoms with van der Waals surface area (Å²) in [6.07, 6.45) is 1.75. The number of nitrogens with zero attached hydrogens (tertiary/aromatic N) is 1. The summed E-state index contributed by atoms with van der Waals surface area (Å²) in [6, 6.07) is 11.9. The third kappa shape index (κ3) is 1.39. The van der Waals surface area contributed by atoms with Crippen LogP contribution in [0, 0.1) is 6.92 Å². The molecule has 20 heavy (non-hydrogen) atoms. The van der Waals surface area contributed by atoms with Crippen molar-refractivity contribution in [1.82, 2.24) is 0 Å². The van der Waals surface area contributed by atoms with E-state index in [1.165, 1.54) is 0 Å². The predicted molar refractivity (Wildman–Crippen MR) is 78.0 cm³/mol. The fraction of sp³-hybridized carbons (Fsp3) is 0.0625. The van der Waals surface area contributed by atoms with E-state index in [9.17, 15) is 0 Å². The van der Waals surface area contributed by atoms with Crippen molar-refractivity contribution in [3.8, 4) is 0 Å². The van der Waals surface area contributed by atoms with Gasteiger partial charge in [-0.15, -0.1) is 5.10 Å². The van der Waals surface area contributed by atoms with E-state index in [0.29, 0.717) is 5.55 Å². The molecule has 2 N–H and O–H groups in total. The van der Waals surface area contributed by atoms with Crippen molar-refractivity contribution in [2.75, 3.05) is 0 Å². The van der Waals surface area contributed by atoms with Gasteiger partial charge in [-0.2, -0.15) is 0 Å². The molecule has 0 bridgehead atoms. The molecule has 0 fully saturated rings. The van der Waals surface area contributed by atoms with E-state index in [0.717, 1.165) is 38.3 Å². The van der Waals surface area contributed by atoms with Gasteiger partial charge in [0.2, 0.25) is 5.55 Å². The highest BCUT2D eigenvalue weighted by Gasteiger charge is 2.10. The van der Waals surface area contributed by atoms with Crippen LogP contribution in [-0.2, 0) is 0 Å². The molecule has 0 saturated heterocycles. The van der Waals surface area contributed by atoms with E-state index < -0.39 is 0 Å². The Morgan fingerprint density at radius 3 is 2.55 bits per heavy atom. The molecule has 0 aliphatic heterocycles. The van der Waals surface area contributed by atoms with Crippen molar-refractivity contribution < 1.29 is 8.83 Å². The molecule has 4 aromatic rings. The van der Waals surface area contributed by atoms with Gasteiger partial charge >= 0.3 is 0 Å². The Morgan fingerprint density at radius 1 is 0.950 bits per heavy atom. The Bertz CT molecular complexity index is 1030. The summed E-state index contributed by atoms with van der Waals surface area (Å²) in [5.74, 6) is 5.43. The van der Waals surface area contributed by atoms with E-state index in [-0.39, 0.29) is 0 Å². The van der Waals surface area contributed by atoms with Crippen LogP contribution in [-0.4, -0.2) is 0 Å². The topological polar surface area (TPSA) is 64.7 Å².